The molecule has 2 heterocycles. The van der Waals surface area contributed by atoms with E-state index in [0.717, 1.165) is 63.8 Å². The number of benzene rings is 1. The van der Waals surface area contributed by atoms with E-state index in [2.05, 4.69) is 23.6 Å². The first-order valence-corrected chi connectivity index (χ1v) is 16.0. The minimum Gasteiger partial charge on any atom is -0.497 e. The summed E-state index contributed by atoms with van der Waals surface area (Å²) in [6, 6.07) is 5.08. The van der Waals surface area contributed by atoms with Crippen LogP contribution in [0.1, 0.15) is 57.1 Å². The lowest BCUT2D eigenvalue weighted by Crippen LogP contribution is -2.53. The number of methoxy groups -OCH3 is 1. The molecular weight excluding hydrogens is 516 g/mol. The molecule has 2 fully saturated rings. The van der Waals surface area contributed by atoms with Crippen LogP contribution in [-0.4, -0.2) is 118 Å². The molecule has 39 heavy (non-hydrogen) atoms. The molecule has 0 atom stereocenters. The zero-order chi connectivity index (χ0) is 28.2. The molecule has 0 radical (unpaired) electrons. The first-order chi connectivity index (χ1) is 18.6. The summed E-state index contributed by atoms with van der Waals surface area (Å²) in [5, 5.41) is 0. The Morgan fingerprint density at radius 3 is 2.41 bits per heavy atom. The first kappa shape index (κ1) is 30.2. The largest absolute Gasteiger partial charge is 0.497 e. The number of likely N-dealkylation sites (N-methyl/N-ethyl adjacent to an activating group) is 1. The maximum absolute atomic E-state index is 13.4. The molecule has 1 amide bonds. The maximum Gasteiger partial charge on any atom is 0.248 e. The molecule has 220 valence electrons. The predicted molar refractivity (Wildman–Crippen MR) is 153 cm³/mol. The molecule has 0 spiro atoms. The molecule has 1 aromatic carbocycles. The van der Waals surface area contributed by atoms with Gasteiger partial charge < -0.3 is 14.4 Å². The van der Waals surface area contributed by atoms with E-state index in [1.165, 1.54) is 4.31 Å². The Morgan fingerprint density at radius 2 is 1.77 bits per heavy atom. The van der Waals surface area contributed by atoms with Crippen molar-refractivity contribution in [3.63, 3.8) is 0 Å². The summed E-state index contributed by atoms with van der Waals surface area (Å²) >= 11 is 0. The third-order valence-corrected chi connectivity index (χ3v) is 11.1. The van der Waals surface area contributed by atoms with Crippen LogP contribution in [0.4, 0.5) is 0 Å². The number of ether oxygens (including phenoxy) is 2. The Bertz CT molecular complexity index is 1080. The van der Waals surface area contributed by atoms with E-state index in [1.807, 2.05) is 24.9 Å². The van der Waals surface area contributed by atoms with Crippen molar-refractivity contribution >= 4 is 15.9 Å². The van der Waals surface area contributed by atoms with Gasteiger partial charge in [-0.1, -0.05) is 0 Å². The molecule has 1 saturated heterocycles. The second-order valence-corrected chi connectivity index (χ2v) is 13.5. The molecule has 1 saturated carbocycles. The highest BCUT2D eigenvalue weighted by Crippen LogP contribution is 2.32. The highest BCUT2D eigenvalue weighted by atomic mass is 32.2. The molecule has 4 rings (SSSR count). The molecule has 9 nitrogen and oxygen atoms in total. The average molecular weight is 565 g/mol. The van der Waals surface area contributed by atoms with E-state index < -0.39 is 10.0 Å². The van der Waals surface area contributed by atoms with Gasteiger partial charge in [0.25, 0.3) is 0 Å². The van der Waals surface area contributed by atoms with Crippen LogP contribution in [0.25, 0.3) is 0 Å². The van der Waals surface area contributed by atoms with Crippen LogP contribution in [0.2, 0.25) is 0 Å². The molecule has 1 aromatic rings. The molecule has 10 heteroatoms. The van der Waals surface area contributed by atoms with Crippen molar-refractivity contribution in [3.05, 3.63) is 23.3 Å². The van der Waals surface area contributed by atoms with Crippen LogP contribution in [0.3, 0.4) is 0 Å². The quantitative estimate of drug-likeness (QED) is 0.427. The number of nitrogens with zero attached hydrogens (tertiary/aromatic N) is 4. The number of sulfonamides is 1. The van der Waals surface area contributed by atoms with Crippen molar-refractivity contribution in [3.8, 4) is 5.75 Å². The van der Waals surface area contributed by atoms with E-state index in [1.54, 1.807) is 13.2 Å². The van der Waals surface area contributed by atoms with Crippen molar-refractivity contribution in [2.24, 2.45) is 0 Å². The zero-order valence-corrected chi connectivity index (χ0v) is 25.3. The average Bonchev–Trinajstić information content (AvgIpc) is 3.05. The Hall–Kier alpha value is -1.72. The highest BCUT2D eigenvalue weighted by Gasteiger charge is 2.33. The van der Waals surface area contributed by atoms with Crippen LogP contribution in [-0.2, 0) is 26.0 Å². The lowest BCUT2D eigenvalue weighted by molar-refractivity contribution is -0.137. The maximum atomic E-state index is 13.4. The van der Waals surface area contributed by atoms with Gasteiger partial charge in [-0.2, -0.15) is 4.31 Å². The van der Waals surface area contributed by atoms with Crippen LogP contribution >= 0.6 is 0 Å². The highest BCUT2D eigenvalue weighted by molar-refractivity contribution is 7.89. The molecule has 3 aliphatic rings. The Labute approximate surface area is 235 Å². The van der Waals surface area contributed by atoms with E-state index in [0.29, 0.717) is 41.3 Å². The third kappa shape index (κ3) is 7.14. The van der Waals surface area contributed by atoms with Crippen LogP contribution in [0.15, 0.2) is 17.0 Å². The number of fused-ring (bicyclic) bond motifs is 1. The Morgan fingerprint density at radius 1 is 1.08 bits per heavy atom. The fraction of sp³-hybridized carbons (Fsp3) is 0.759. The second kappa shape index (κ2) is 13.3. The topological polar surface area (TPSA) is 82.6 Å². The fourth-order valence-corrected chi connectivity index (χ4v) is 8.37. The van der Waals surface area contributed by atoms with Gasteiger partial charge in [0.1, 0.15) is 12.4 Å². The number of carbonyl (C=O) groups excluding carboxylic acids is 1. The second-order valence-electron chi connectivity index (χ2n) is 11.6. The minimum absolute atomic E-state index is 0.0196. The van der Waals surface area contributed by atoms with Crippen molar-refractivity contribution in [1.29, 1.82) is 0 Å². The molecule has 0 bridgehead atoms. The summed E-state index contributed by atoms with van der Waals surface area (Å²) in [5.41, 5.74) is 1.50. The molecule has 0 unspecified atom stereocenters. The number of hydrogen-bond acceptors (Lipinski definition) is 7. The zero-order valence-electron chi connectivity index (χ0n) is 24.5. The van der Waals surface area contributed by atoms with Gasteiger partial charge in [0.2, 0.25) is 15.9 Å². The van der Waals surface area contributed by atoms with E-state index in [4.69, 9.17) is 9.47 Å². The third-order valence-electron chi connectivity index (χ3n) is 8.93. The standard InChI is InChI=1S/C29H48N4O5S/c1-22(2)31-13-15-32(16-14-31)26-10-8-25(9-11-26)30(4)28(34)21-38-18-17-33-12-6-7-24-20-27(37-5)19-23(3)29(24)39(33,35)36/h19-20,22,25-26H,6-18,21H2,1-5H3. The van der Waals surface area contributed by atoms with Crippen molar-refractivity contribution in [2.75, 3.05) is 66.6 Å². The monoisotopic (exact) mass is 564 g/mol. The Kier molecular flexibility index (Phi) is 10.3. The summed E-state index contributed by atoms with van der Waals surface area (Å²) in [4.78, 5) is 20.3. The number of rotatable bonds is 9. The summed E-state index contributed by atoms with van der Waals surface area (Å²) in [6.07, 6.45) is 5.72. The smallest absolute Gasteiger partial charge is 0.248 e. The van der Waals surface area contributed by atoms with Crippen LogP contribution < -0.4 is 4.74 Å². The molecule has 0 N–H and O–H groups in total. The fourth-order valence-electron chi connectivity index (χ4n) is 6.47. The van der Waals surface area contributed by atoms with Gasteiger partial charge in [-0.3, -0.25) is 14.6 Å². The summed E-state index contributed by atoms with van der Waals surface area (Å²) in [7, 11) is -0.162. The summed E-state index contributed by atoms with van der Waals surface area (Å²) in [5.74, 6) is 0.648. The van der Waals surface area contributed by atoms with Crippen molar-refractivity contribution < 1.29 is 22.7 Å². The van der Waals surface area contributed by atoms with Gasteiger partial charge in [0, 0.05) is 64.4 Å². The van der Waals surface area contributed by atoms with Crippen LogP contribution in [0.5, 0.6) is 5.75 Å². The number of carbonyl (C=O) groups is 1. The molecule has 2 aliphatic heterocycles. The minimum atomic E-state index is -3.64. The molecular formula is C29H48N4O5S. The van der Waals surface area contributed by atoms with Crippen molar-refractivity contribution in [2.45, 2.75) is 82.3 Å². The molecule has 0 aromatic heterocycles. The van der Waals surface area contributed by atoms with Gasteiger partial charge in [-0.05, 0) is 82.6 Å². The molecule has 1 aliphatic carbocycles. The number of piperazine rings is 1. The SMILES string of the molecule is COc1cc(C)c2c(c1)CCCN(CCOCC(=O)N(C)C1CCC(N3CCN(C(C)C)CC3)CC1)S2(=O)=O. The summed E-state index contributed by atoms with van der Waals surface area (Å²) < 4.78 is 39.4. The van der Waals surface area contributed by atoms with Gasteiger partial charge in [-0.15, -0.1) is 0 Å². The number of hydrogen-bond donors (Lipinski definition) is 0. The first-order valence-electron chi connectivity index (χ1n) is 14.6. The van der Waals surface area contributed by atoms with Crippen molar-refractivity contribution in [1.82, 2.24) is 19.0 Å². The van der Waals surface area contributed by atoms with E-state index >= 15 is 0 Å². The number of amides is 1. The normalized spacial score (nSPS) is 24.8. The van der Waals surface area contributed by atoms with Gasteiger partial charge >= 0.3 is 0 Å². The predicted octanol–water partition coefficient (Wildman–Crippen LogP) is 2.75. The van der Waals surface area contributed by atoms with E-state index in [-0.39, 0.29) is 31.7 Å². The van der Waals surface area contributed by atoms with Gasteiger partial charge in [0.05, 0.1) is 18.6 Å². The van der Waals surface area contributed by atoms with Crippen LogP contribution in [0, 0.1) is 6.92 Å². The lowest BCUT2D eigenvalue weighted by Gasteiger charge is -2.44. The Balaban J connectivity index is 1.21. The van der Waals surface area contributed by atoms with E-state index in [9.17, 15) is 13.2 Å². The van der Waals surface area contributed by atoms with Gasteiger partial charge in [-0.25, -0.2) is 8.42 Å². The van der Waals surface area contributed by atoms with Gasteiger partial charge in [0.15, 0.2) is 0 Å². The lowest BCUT2D eigenvalue weighted by atomic mass is 9.89. The number of aryl methyl sites for hydroxylation is 2. The summed E-state index contributed by atoms with van der Waals surface area (Å²) in [6.45, 7) is 11.8.